The van der Waals surface area contributed by atoms with Crippen LogP contribution in [0.3, 0.4) is 0 Å². The third-order valence-corrected chi connectivity index (χ3v) is 3.66. The van der Waals surface area contributed by atoms with Crippen molar-refractivity contribution in [2.24, 2.45) is 0 Å². The highest BCUT2D eigenvalue weighted by molar-refractivity contribution is 5.97. The number of amides is 1. The van der Waals surface area contributed by atoms with Crippen molar-refractivity contribution in [1.82, 2.24) is 20.3 Å². The summed E-state index contributed by atoms with van der Waals surface area (Å²) in [4.78, 5) is 23.7. The Kier molecular flexibility index (Phi) is 4.36. The monoisotopic (exact) mass is 314 g/mol. The highest BCUT2D eigenvalue weighted by Gasteiger charge is 2.28. The smallest absolute Gasteiger partial charge is 0.328 e. The number of carbonyl (C=O) groups is 2. The topological polar surface area (TPSA) is 86.1 Å². The summed E-state index contributed by atoms with van der Waals surface area (Å²) < 4.78 is 6.49. The molecule has 1 fully saturated rings. The van der Waals surface area contributed by atoms with Crippen molar-refractivity contribution in [3.05, 3.63) is 41.7 Å². The SMILES string of the molecule is CCCc1cn(-c2cccc(C(=O)N[C@H]3CCOC3=O)c2)nn1. The van der Waals surface area contributed by atoms with Gasteiger partial charge in [-0.3, -0.25) is 4.79 Å². The molecule has 1 aromatic heterocycles. The van der Waals surface area contributed by atoms with Gasteiger partial charge in [-0.1, -0.05) is 24.6 Å². The van der Waals surface area contributed by atoms with Crippen LogP contribution in [-0.4, -0.2) is 39.5 Å². The molecule has 3 rings (SSSR count). The van der Waals surface area contributed by atoms with Gasteiger partial charge in [0.1, 0.15) is 6.04 Å². The van der Waals surface area contributed by atoms with Crippen molar-refractivity contribution >= 4 is 11.9 Å². The Morgan fingerprint density at radius 1 is 1.48 bits per heavy atom. The molecular weight excluding hydrogens is 296 g/mol. The molecule has 0 unspecified atom stereocenters. The quantitative estimate of drug-likeness (QED) is 0.840. The van der Waals surface area contributed by atoms with Gasteiger partial charge in [-0.15, -0.1) is 5.10 Å². The molecule has 2 aromatic rings. The lowest BCUT2D eigenvalue weighted by Gasteiger charge is -2.09. The van der Waals surface area contributed by atoms with Crippen LogP contribution < -0.4 is 5.32 Å². The normalized spacial score (nSPS) is 17.1. The third kappa shape index (κ3) is 3.39. The molecule has 1 aromatic carbocycles. The number of hydrogen-bond acceptors (Lipinski definition) is 5. The van der Waals surface area contributed by atoms with Gasteiger partial charge in [-0.05, 0) is 24.6 Å². The first kappa shape index (κ1) is 15.2. The molecule has 7 heteroatoms. The van der Waals surface area contributed by atoms with E-state index in [0.29, 0.717) is 18.6 Å². The fourth-order valence-electron chi connectivity index (χ4n) is 2.45. The van der Waals surface area contributed by atoms with E-state index in [9.17, 15) is 9.59 Å². The van der Waals surface area contributed by atoms with Crippen molar-refractivity contribution in [1.29, 1.82) is 0 Å². The fourth-order valence-corrected chi connectivity index (χ4v) is 2.45. The summed E-state index contributed by atoms with van der Waals surface area (Å²) in [5.74, 6) is -0.681. The van der Waals surface area contributed by atoms with E-state index >= 15 is 0 Å². The van der Waals surface area contributed by atoms with Gasteiger partial charge in [0.15, 0.2) is 0 Å². The Balaban J connectivity index is 1.76. The molecular formula is C16H18N4O3. The van der Waals surface area contributed by atoms with Crippen LogP contribution in [0.2, 0.25) is 0 Å². The summed E-state index contributed by atoms with van der Waals surface area (Å²) in [6.45, 7) is 2.43. The highest BCUT2D eigenvalue weighted by Crippen LogP contribution is 2.12. The number of aryl methyl sites for hydroxylation is 1. The molecule has 23 heavy (non-hydrogen) atoms. The molecule has 2 heterocycles. The number of esters is 1. The van der Waals surface area contributed by atoms with E-state index < -0.39 is 6.04 Å². The number of nitrogens with zero attached hydrogens (tertiary/aromatic N) is 3. The van der Waals surface area contributed by atoms with Crippen molar-refractivity contribution in [3.8, 4) is 5.69 Å². The summed E-state index contributed by atoms with van der Waals surface area (Å²) in [7, 11) is 0. The van der Waals surface area contributed by atoms with Gasteiger partial charge < -0.3 is 10.1 Å². The lowest BCUT2D eigenvalue weighted by molar-refractivity contribution is -0.139. The van der Waals surface area contributed by atoms with Crippen LogP contribution >= 0.6 is 0 Å². The molecule has 120 valence electrons. The number of aromatic nitrogens is 3. The zero-order valence-corrected chi connectivity index (χ0v) is 12.9. The first-order valence-electron chi connectivity index (χ1n) is 7.66. The third-order valence-electron chi connectivity index (χ3n) is 3.66. The minimum Gasteiger partial charge on any atom is -0.464 e. The Hall–Kier alpha value is -2.70. The van der Waals surface area contributed by atoms with Crippen LogP contribution in [0, 0.1) is 0 Å². The minimum absolute atomic E-state index is 0.301. The van der Waals surface area contributed by atoms with E-state index in [1.807, 2.05) is 12.3 Å². The van der Waals surface area contributed by atoms with Crippen LogP contribution in [-0.2, 0) is 16.0 Å². The van der Waals surface area contributed by atoms with E-state index in [1.54, 1.807) is 22.9 Å². The van der Waals surface area contributed by atoms with Crippen molar-refractivity contribution < 1.29 is 14.3 Å². The van der Waals surface area contributed by atoms with Gasteiger partial charge >= 0.3 is 5.97 Å². The lowest BCUT2D eigenvalue weighted by atomic mass is 10.1. The number of nitrogens with one attached hydrogen (secondary N) is 1. The average molecular weight is 314 g/mol. The second-order valence-corrected chi connectivity index (χ2v) is 5.44. The van der Waals surface area contributed by atoms with Crippen LogP contribution in [0.5, 0.6) is 0 Å². The van der Waals surface area contributed by atoms with Crippen molar-refractivity contribution in [2.45, 2.75) is 32.2 Å². The van der Waals surface area contributed by atoms with Crippen molar-refractivity contribution in [3.63, 3.8) is 0 Å². The Bertz CT molecular complexity index is 726. The Morgan fingerprint density at radius 3 is 3.09 bits per heavy atom. The zero-order valence-electron chi connectivity index (χ0n) is 12.9. The number of rotatable bonds is 5. The van der Waals surface area contributed by atoms with E-state index in [1.165, 1.54) is 0 Å². The van der Waals surface area contributed by atoms with Crippen LogP contribution in [0.4, 0.5) is 0 Å². The number of hydrogen-bond donors (Lipinski definition) is 1. The van der Waals surface area contributed by atoms with Gasteiger partial charge in [0.25, 0.3) is 5.91 Å². The first-order valence-corrected chi connectivity index (χ1v) is 7.66. The molecule has 1 aliphatic rings. The van der Waals surface area contributed by atoms with E-state index in [0.717, 1.165) is 24.2 Å². The van der Waals surface area contributed by atoms with Gasteiger partial charge in [0.05, 0.1) is 24.2 Å². The summed E-state index contributed by atoms with van der Waals surface area (Å²) in [6.07, 6.45) is 4.23. The van der Waals surface area contributed by atoms with Crippen LogP contribution in [0.15, 0.2) is 30.5 Å². The summed E-state index contributed by atoms with van der Waals surface area (Å²) in [5.41, 5.74) is 2.13. The van der Waals surface area contributed by atoms with E-state index in [4.69, 9.17) is 4.74 Å². The lowest BCUT2D eigenvalue weighted by Crippen LogP contribution is -2.37. The second-order valence-electron chi connectivity index (χ2n) is 5.44. The highest BCUT2D eigenvalue weighted by atomic mass is 16.5. The number of carbonyl (C=O) groups excluding carboxylic acids is 2. The maximum absolute atomic E-state index is 12.3. The van der Waals surface area contributed by atoms with Gasteiger partial charge in [-0.2, -0.15) is 0 Å². The fraction of sp³-hybridized carbons (Fsp3) is 0.375. The number of ether oxygens (including phenoxy) is 1. The Morgan fingerprint density at radius 2 is 2.35 bits per heavy atom. The van der Waals surface area contributed by atoms with E-state index in [-0.39, 0.29) is 11.9 Å². The van der Waals surface area contributed by atoms with Gasteiger partial charge in [0, 0.05) is 12.0 Å². The minimum atomic E-state index is -0.561. The zero-order chi connectivity index (χ0) is 16.2. The average Bonchev–Trinajstić information content (AvgIpc) is 3.18. The molecule has 1 aliphatic heterocycles. The molecule has 1 atom stereocenters. The van der Waals surface area contributed by atoms with Crippen molar-refractivity contribution in [2.75, 3.05) is 6.61 Å². The Labute approximate surface area is 133 Å². The van der Waals surface area contributed by atoms with Crippen LogP contribution in [0.25, 0.3) is 5.69 Å². The molecule has 0 spiro atoms. The van der Waals surface area contributed by atoms with Gasteiger partial charge in [-0.25, -0.2) is 9.48 Å². The maximum atomic E-state index is 12.3. The second kappa shape index (κ2) is 6.60. The molecule has 0 bridgehead atoms. The molecule has 1 N–H and O–H groups in total. The first-order chi connectivity index (χ1) is 11.2. The largest absolute Gasteiger partial charge is 0.464 e. The molecule has 7 nitrogen and oxygen atoms in total. The van der Waals surface area contributed by atoms with E-state index in [2.05, 4.69) is 22.6 Å². The molecule has 0 aliphatic carbocycles. The van der Waals surface area contributed by atoms with Gasteiger partial charge in [0.2, 0.25) is 0 Å². The molecule has 1 saturated heterocycles. The number of cyclic esters (lactones) is 1. The summed E-state index contributed by atoms with van der Waals surface area (Å²) in [6, 6.07) is 6.49. The number of benzene rings is 1. The van der Waals surface area contributed by atoms with Crippen LogP contribution in [0.1, 0.15) is 35.8 Å². The molecule has 0 radical (unpaired) electrons. The summed E-state index contributed by atoms with van der Waals surface area (Å²) in [5, 5.41) is 10.9. The molecule has 0 saturated carbocycles. The molecule has 1 amide bonds. The standard InChI is InChI=1S/C16H18N4O3/c1-2-4-12-10-20(19-18-12)13-6-3-5-11(9-13)15(21)17-14-7-8-23-16(14)22/h3,5-6,9-10,14H,2,4,7-8H2,1H3,(H,17,21)/t14-/m0/s1. The summed E-state index contributed by atoms with van der Waals surface area (Å²) >= 11 is 0. The predicted molar refractivity (Wildman–Crippen MR) is 82.2 cm³/mol. The maximum Gasteiger partial charge on any atom is 0.328 e. The predicted octanol–water partition coefficient (Wildman–Crippen LogP) is 1.27.